The van der Waals surface area contributed by atoms with Gasteiger partial charge in [0.05, 0.1) is 24.9 Å². The quantitative estimate of drug-likeness (QED) is 0.198. The molecule has 1 N–H and O–H groups in total. The Kier molecular flexibility index (Phi) is 7.63. The van der Waals surface area contributed by atoms with Crippen LogP contribution in [0.4, 0.5) is 10.1 Å². The van der Waals surface area contributed by atoms with Gasteiger partial charge < -0.3 is 14.6 Å². The first-order valence-corrected chi connectivity index (χ1v) is 10.7. The Hall–Kier alpha value is -3.78. The monoisotopic (exact) mass is 482 g/mol. The summed E-state index contributed by atoms with van der Waals surface area (Å²) in [6.07, 6.45) is 2.61. The van der Waals surface area contributed by atoms with Crippen LogP contribution in [0.5, 0.6) is 5.88 Å². The van der Waals surface area contributed by atoms with E-state index in [-0.39, 0.29) is 22.8 Å². The molecule has 0 saturated carbocycles. The number of hydrogen-bond donors (Lipinski definition) is 1. The van der Waals surface area contributed by atoms with Crippen LogP contribution >= 0.6 is 11.6 Å². The predicted molar refractivity (Wildman–Crippen MR) is 132 cm³/mol. The highest BCUT2D eigenvalue weighted by Crippen LogP contribution is 2.30. The number of nitrogens with zero attached hydrogens (tertiary/aromatic N) is 3. The summed E-state index contributed by atoms with van der Waals surface area (Å²) in [6, 6.07) is 8.57. The van der Waals surface area contributed by atoms with E-state index in [4.69, 9.17) is 16.3 Å². The summed E-state index contributed by atoms with van der Waals surface area (Å²) in [6.45, 7) is 8.59. The molecule has 9 heteroatoms. The van der Waals surface area contributed by atoms with E-state index in [1.807, 2.05) is 25.1 Å². The van der Waals surface area contributed by atoms with Gasteiger partial charge in [0.2, 0.25) is 5.88 Å². The average molecular weight is 483 g/mol. The highest BCUT2D eigenvalue weighted by molar-refractivity contribution is 6.48. The molecule has 0 aliphatic heterocycles. The van der Waals surface area contributed by atoms with Crippen LogP contribution < -0.4 is 10.1 Å². The number of ether oxygens (including phenoxy) is 1. The highest BCUT2D eigenvalue weighted by atomic mass is 35.5. The minimum absolute atomic E-state index is 0.00213. The molecule has 0 unspecified atom stereocenters. The van der Waals surface area contributed by atoms with E-state index < -0.39 is 17.5 Å². The second-order valence-electron chi connectivity index (χ2n) is 7.62. The number of rotatable bonds is 8. The molecule has 0 radical (unpaired) electrons. The van der Waals surface area contributed by atoms with E-state index >= 15 is 0 Å². The lowest BCUT2D eigenvalue weighted by atomic mass is 10.0. The number of fused-ring (bicyclic) bond motifs is 1. The first-order valence-electron chi connectivity index (χ1n) is 10.3. The van der Waals surface area contributed by atoms with Crippen LogP contribution in [0.25, 0.3) is 10.9 Å². The Morgan fingerprint density at radius 1 is 1.29 bits per heavy atom. The lowest BCUT2D eigenvalue weighted by molar-refractivity contribution is -0.112. The smallest absolute Gasteiger partial charge is 0.296 e. The summed E-state index contributed by atoms with van der Waals surface area (Å²) >= 11 is 5.80. The molecule has 0 fully saturated rings. The SMILES string of the molecule is C=NC(Cn1c(C)c(C(=O)C(=O)Nc2ccnc(OC)c2)c2cc(C)ccc21)=C(F)C=C(C)Cl. The van der Waals surface area contributed by atoms with Gasteiger partial charge in [-0.3, -0.25) is 14.6 Å². The molecular formula is C25H24ClFN4O3. The van der Waals surface area contributed by atoms with Gasteiger partial charge in [-0.15, -0.1) is 0 Å². The molecule has 176 valence electrons. The summed E-state index contributed by atoms with van der Waals surface area (Å²) in [5.41, 5.74) is 2.70. The van der Waals surface area contributed by atoms with Gasteiger partial charge >= 0.3 is 0 Å². The van der Waals surface area contributed by atoms with Crippen molar-refractivity contribution in [1.29, 1.82) is 0 Å². The van der Waals surface area contributed by atoms with Gasteiger partial charge in [-0.25, -0.2) is 9.37 Å². The fraction of sp³-hybridized carbons (Fsp3) is 0.200. The summed E-state index contributed by atoms with van der Waals surface area (Å²) in [5.74, 6) is -1.88. The third-order valence-corrected chi connectivity index (χ3v) is 5.32. The summed E-state index contributed by atoms with van der Waals surface area (Å²) in [7, 11) is 1.45. The number of methoxy groups -OCH3 is 1. The summed E-state index contributed by atoms with van der Waals surface area (Å²) in [4.78, 5) is 33.9. The molecule has 0 atom stereocenters. The van der Waals surface area contributed by atoms with Crippen LogP contribution in [0, 0.1) is 13.8 Å². The lowest BCUT2D eigenvalue weighted by Crippen LogP contribution is -2.23. The number of carbonyl (C=O) groups excluding carboxylic acids is 2. The molecule has 7 nitrogen and oxygen atoms in total. The Morgan fingerprint density at radius 2 is 2.03 bits per heavy atom. The molecule has 1 amide bonds. The maximum absolute atomic E-state index is 14.6. The van der Waals surface area contributed by atoms with Gasteiger partial charge in [-0.1, -0.05) is 23.2 Å². The van der Waals surface area contributed by atoms with Gasteiger partial charge in [0.15, 0.2) is 0 Å². The number of aryl methyl sites for hydroxylation is 1. The van der Waals surface area contributed by atoms with Crippen LogP contribution in [-0.2, 0) is 11.3 Å². The topological polar surface area (TPSA) is 85.6 Å². The Morgan fingerprint density at radius 3 is 2.68 bits per heavy atom. The van der Waals surface area contributed by atoms with Crippen molar-refractivity contribution in [3.8, 4) is 5.88 Å². The molecule has 34 heavy (non-hydrogen) atoms. The number of carbonyl (C=O) groups is 2. The number of hydrogen-bond acceptors (Lipinski definition) is 5. The maximum atomic E-state index is 14.6. The lowest BCUT2D eigenvalue weighted by Gasteiger charge is -2.10. The Bertz CT molecular complexity index is 1350. The third-order valence-electron chi connectivity index (χ3n) is 5.21. The highest BCUT2D eigenvalue weighted by Gasteiger charge is 2.26. The largest absolute Gasteiger partial charge is 0.481 e. The van der Waals surface area contributed by atoms with Crippen molar-refractivity contribution in [2.24, 2.45) is 4.99 Å². The average Bonchev–Trinajstić information content (AvgIpc) is 3.06. The van der Waals surface area contributed by atoms with Crippen molar-refractivity contribution in [2.75, 3.05) is 12.4 Å². The summed E-state index contributed by atoms with van der Waals surface area (Å²) in [5, 5.41) is 3.42. The molecule has 2 aromatic heterocycles. The number of nitrogens with one attached hydrogen (secondary N) is 1. The molecule has 0 saturated heterocycles. The summed E-state index contributed by atoms with van der Waals surface area (Å²) < 4.78 is 21.4. The van der Waals surface area contributed by atoms with Crippen LogP contribution in [0.2, 0.25) is 0 Å². The number of ketones is 1. The van der Waals surface area contributed by atoms with E-state index in [2.05, 4.69) is 22.0 Å². The minimum Gasteiger partial charge on any atom is -0.481 e. The Balaban J connectivity index is 2.07. The number of benzene rings is 1. The number of halogens is 2. The fourth-order valence-corrected chi connectivity index (χ4v) is 3.69. The molecule has 0 aliphatic carbocycles. The first kappa shape index (κ1) is 24.9. The molecule has 0 aliphatic rings. The van der Waals surface area contributed by atoms with E-state index in [0.717, 1.165) is 11.6 Å². The van der Waals surface area contributed by atoms with Gasteiger partial charge in [-0.2, -0.15) is 0 Å². The Labute approximate surface area is 201 Å². The molecule has 1 aromatic carbocycles. The van der Waals surface area contributed by atoms with Crippen molar-refractivity contribution in [3.05, 3.63) is 76.0 Å². The number of aromatic nitrogens is 2. The van der Waals surface area contributed by atoms with Crippen LogP contribution in [0.15, 0.2) is 64.2 Å². The minimum atomic E-state index is -0.818. The molecule has 2 heterocycles. The standard InChI is InChI=1S/C25H24ClFN4O3/c1-14-6-7-21-18(10-14)23(16(3)31(21)13-20(28-4)19(27)11-15(2)26)24(32)25(33)30-17-8-9-29-22(12-17)34-5/h6-12H,4,13H2,1-3,5H3,(H,29,30,33). The van der Waals surface area contributed by atoms with E-state index in [1.165, 1.54) is 19.4 Å². The van der Waals surface area contributed by atoms with Gasteiger partial charge in [0.25, 0.3) is 11.7 Å². The molecule has 3 rings (SSSR count). The third kappa shape index (κ3) is 5.23. The zero-order chi connectivity index (χ0) is 25.0. The maximum Gasteiger partial charge on any atom is 0.296 e. The zero-order valence-corrected chi connectivity index (χ0v) is 20.0. The first-order chi connectivity index (χ1) is 16.2. The number of amides is 1. The normalized spacial score (nSPS) is 12.4. The number of aliphatic imine (C=N–C) groups is 1. The number of pyridine rings is 1. The van der Waals surface area contributed by atoms with Crippen molar-refractivity contribution < 1.29 is 18.7 Å². The molecule has 0 bridgehead atoms. The molecule has 3 aromatic rings. The van der Waals surface area contributed by atoms with Crippen molar-refractivity contribution >= 4 is 46.6 Å². The van der Waals surface area contributed by atoms with Gasteiger partial charge in [0, 0.05) is 39.6 Å². The van der Waals surface area contributed by atoms with E-state index in [9.17, 15) is 14.0 Å². The predicted octanol–water partition coefficient (Wildman–Crippen LogP) is 5.51. The van der Waals surface area contributed by atoms with Crippen LogP contribution in [0.3, 0.4) is 0 Å². The van der Waals surface area contributed by atoms with E-state index in [1.54, 1.807) is 24.5 Å². The second kappa shape index (κ2) is 10.4. The van der Waals surface area contributed by atoms with Crippen LogP contribution in [0.1, 0.15) is 28.5 Å². The van der Waals surface area contributed by atoms with E-state index in [0.29, 0.717) is 28.2 Å². The van der Waals surface area contributed by atoms with Crippen molar-refractivity contribution in [2.45, 2.75) is 27.3 Å². The number of allylic oxidation sites excluding steroid dienone is 4. The second-order valence-corrected chi connectivity index (χ2v) is 8.22. The van der Waals surface area contributed by atoms with Crippen LogP contribution in [-0.4, -0.2) is 35.1 Å². The molecular weight excluding hydrogens is 459 g/mol. The van der Waals surface area contributed by atoms with Gasteiger partial charge in [0.1, 0.15) is 5.83 Å². The van der Waals surface area contributed by atoms with Crippen molar-refractivity contribution in [1.82, 2.24) is 9.55 Å². The number of anilines is 1. The number of Topliss-reactive ketones (excluding diaryl/α,β-unsaturated/α-hetero) is 1. The zero-order valence-electron chi connectivity index (χ0n) is 19.3. The van der Waals surface area contributed by atoms with Gasteiger partial charge in [-0.05, 0) is 51.8 Å². The van der Waals surface area contributed by atoms with Crippen molar-refractivity contribution in [3.63, 3.8) is 0 Å². The fourth-order valence-electron chi connectivity index (χ4n) is 3.60. The molecule has 0 spiro atoms.